The van der Waals surface area contributed by atoms with Crippen LogP contribution in [0.5, 0.6) is 0 Å². The zero-order valence-electron chi connectivity index (χ0n) is 15.4. The van der Waals surface area contributed by atoms with E-state index in [1.165, 1.54) is 21.6 Å². The van der Waals surface area contributed by atoms with Gasteiger partial charge in [0.15, 0.2) is 0 Å². The molecule has 0 spiro atoms. The summed E-state index contributed by atoms with van der Waals surface area (Å²) < 4.78 is 0. The van der Waals surface area contributed by atoms with Crippen molar-refractivity contribution < 1.29 is 37.8 Å². The van der Waals surface area contributed by atoms with Gasteiger partial charge in [-0.2, -0.15) is 5.76 Å². The molecule has 28 heavy (non-hydrogen) atoms. The van der Waals surface area contributed by atoms with Gasteiger partial charge in [0.05, 0.1) is 0 Å². The Morgan fingerprint density at radius 1 is 0.893 bits per heavy atom. The first kappa shape index (κ1) is 19.0. The molecule has 2 aliphatic carbocycles. The first-order chi connectivity index (χ1) is 13.3. The molecule has 0 bridgehead atoms. The van der Waals surface area contributed by atoms with Gasteiger partial charge in [0, 0.05) is 32.7 Å². The largest absolute Gasteiger partial charge is 0.906 e. The first-order valence-electron chi connectivity index (χ1n) is 9.22. The van der Waals surface area contributed by atoms with Crippen molar-refractivity contribution in [3.63, 3.8) is 0 Å². The molecule has 3 aromatic carbocycles. The van der Waals surface area contributed by atoms with Crippen LogP contribution < -0.4 is 15.5 Å². The third-order valence-electron chi connectivity index (χ3n) is 5.25. The molecule has 2 aliphatic rings. The van der Waals surface area contributed by atoms with Gasteiger partial charge in [-0.3, -0.25) is 0 Å². The Morgan fingerprint density at radius 2 is 1.71 bits per heavy atom. The molecule has 0 atom stereocenters. The SMILES string of the molecule is [O-]C1=C(/C=c2\cccc3c2=CC=CC3)[CH-]/C1=C/c1cccc2ccccc12.[Y]. The smallest absolute Gasteiger partial charge is 0 e. The predicted molar refractivity (Wildman–Crippen MR) is 111 cm³/mol. The molecule has 0 aliphatic heterocycles. The van der Waals surface area contributed by atoms with E-state index in [4.69, 9.17) is 0 Å². The molecule has 0 aromatic heterocycles. The molecular weight excluding hydrogens is 417 g/mol. The van der Waals surface area contributed by atoms with Crippen molar-refractivity contribution in [2.24, 2.45) is 0 Å². The average Bonchev–Trinajstić information content (AvgIpc) is 2.73. The second-order valence-electron chi connectivity index (χ2n) is 6.96. The standard InChI is InChI=1S/C26H19O.Y/c27-26-22(15-20-11-5-9-18-7-1-3-13-24(18)20)17-23(26)16-21-12-6-10-19-8-2-4-14-25(19)21;/h1-7,9-17,27H,8H2;/q-1;/p-1/b21-16+,22-15-;. The Balaban J connectivity index is 0.00000192. The minimum atomic E-state index is 0. The maximum absolute atomic E-state index is 12.7. The zero-order valence-corrected chi connectivity index (χ0v) is 18.3. The number of hydrogen-bond donors (Lipinski definition) is 0. The Morgan fingerprint density at radius 3 is 2.61 bits per heavy atom. The van der Waals surface area contributed by atoms with Crippen LogP contribution >= 0.6 is 0 Å². The second kappa shape index (κ2) is 7.95. The summed E-state index contributed by atoms with van der Waals surface area (Å²) in [7, 11) is 0. The quantitative estimate of drug-likeness (QED) is 0.566. The summed E-state index contributed by atoms with van der Waals surface area (Å²) in [6.45, 7) is 0. The number of benzene rings is 3. The summed E-state index contributed by atoms with van der Waals surface area (Å²) in [4.78, 5) is 0. The third-order valence-corrected chi connectivity index (χ3v) is 5.25. The molecule has 0 N–H and O–H groups in total. The van der Waals surface area contributed by atoms with Crippen molar-refractivity contribution in [2.75, 3.05) is 0 Å². The van der Waals surface area contributed by atoms with Gasteiger partial charge in [-0.05, 0) is 28.0 Å². The third kappa shape index (κ3) is 3.41. The number of hydrogen-bond acceptors (Lipinski definition) is 1. The van der Waals surface area contributed by atoms with Gasteiger partial charge in [-0.15, -0.1) is 29.7 Å². The van der Waals surface area contributed by atoms with Gasteiger partial charge in [0.1, 0.15) is 0 Å². The molecule has 1 nitrogen and oxygen atoms in total. The van der Waals surface area contributed by atoms with E-state index in [-0.39, 0.29) is 38.5 Å². The number of fused-ring (bicyclic) bond motifs is 2. The van der Waals surface area contributed by atoms with Gasteiger partial charge >= 0.3 is 0 Å². The fourth-order valence-electron chi connectivity index (χ4n) is 3.81. The summed E-state index contributed by atoms with van der Waals surface area (Å²) in [5.74, 6) is 0.117. The molecular formula is C26H18OY-2. The molecule has 133 valence electrons. The zero-order chi connectivity index (χ0) is 18.2. The van der Waals surface area contributed by atoms with E-state index < -0.39 is 0 Å². The van der Waals surface area contributed by atoms with Crippen LogP contribution in [0.25, 0.3) is 29.0 Å². The topological polar surface area (TPSA) is 23.1 Å². The fraction of sp³-hybridized carbons (Fsp3) is 0.0385. The van der Waals surface area contributed by atoms with E-state index in [0.717, 1.165) is 28.3 Å². The first-order valence-corrected chi connectivity index (χ1v) is 9.22. The molecule has 0 heterocycles. The fourth-order valence-corrected chi connectivity index (χ4v) is 3.81. The Bertz CT molecular complexity index is 1270. The number of allylic oxidation sites excluding steroid dienone is 4. The van der Waals surface area contributed by atoms with Crippen molar-refractivity contribution in [3.8, 4) is 0 Å². The minimum absolute atomic E-state index is 0. The minimum Gasteiger partial charge on any atom is -0.906 e. The Labute approximate surface area is 190 Å². The van der Waals surface area contributed by atoms with Crippen LogP contribution in [0.4, 0.5) is 0 Å². The van der Waals surface area contributed by atoms with Gasteiger partial charge in [-0.1, -0.05) is 89.7 Å². The van der Waals surface area contributed by atoms with E-state index in [0.29, 0.717) is 0 Å². The van der Waals surface area contributed by atoms with Crippen LogP contribution in [0.15, 0.2) is 89.7 Å². The Hall–Kier alpha value is -2.35. The van der Waals surface area contributed by atoms with Crippen LogP contribution in [-0.4, -0.2) is 0 Å². The van der Waals surface area contributed by atoms with Crippen molar-refractivity contribution >= 4 is 29.0 Å². The van der Waals surface area contributed by atoms with Crippen LogP contribution in [-0.2, 0) is 39.1 Å². The molecule has 0 fully saturated rings. The summed E-state index contributed by atoms with van der Waals surface area (Å²) in [6, 6.07) is 20.7. The maximum Gasteiger partial charge on any atom is 0 e. The monoisotopic (exact) mass is 435 g/mol. The van der Waals surface area contributed by atoms with Gasteiger partial charge in [0.25, 0.3) is 0 Å². The van der Waals surface area contributed by atoms with Crippen LogP contribution in [0, 0.1) is 6.42 Å². The number of rotatable bonds is 2. The van der Waals surface area contributed by atoms with E-state index in [2.05, 4.69) is 60.7 Å². The van der Waals surface area contributed by atoms with E-state index in [9.17, 15) is 5.11 Å². The average molecular weight is 435 g/mol. The summed E-state index contributed by atoms with van der Waals surface area (Å²) >= 11 is 0. The van der Waals surface area contributed by atoms with Crippen LogP contribution in [0.1, 0.15) is 11.1 Å². The molecule has 0 amide bonds. The Kier molecular flexibility index (Phi) is 5.39. The molecule has 0 saturated heterocycles. The second-order valence-corrected chi connectivity index (χ2v) is 6.96. The van der Waals surface area contributed by atoms with Crippen molar-refractivity contribution in [1.29, 1.82) is 0 Å². The van der Waals surface area contributed by atoms with Gasteiger partial charge in [-0.25, -0.2) is 0 Å². The summed E-state index contributed by atoms with van der Waals surface area (Å²) in [5.41, 5.74) is 3.94. The predicted octanol–water partition coefficient (Wildman–Crippen LogP) is 3.43. The van der Waals surface area contributed by atoms with Crippen LogP contribution in [0.2, 0.25) is 0 Å². The van der Waals surface area contributed by atoms with E-state index in [1.807, 2.05) is 36.8 Å². The van der Waals surface area contributed by atoms with Crippen molar-refractivity contribution in [3.05, 3.63) is 118 Å². The molecule has 0 unspecified atom stereocenters. The van der Waals surface area contributed by atoms with E-state index >= 15 is 0 Å². The molecule has 1 radical (unpaired) electrons. The maximum atomic E-state index is 12.7. The van der Waals surface area contributed by atoms with Gasteiger partial charge < -0.3 is 5.11 Å². The van der Waals surface area contributed by atoms with Crippen molar-refractivity contribution in [2.45, 2.75) is 6.42 Å². The summed E-state index contributed by atoms with van der Waals surface area (Å²) in [6.07, 6.45) is 13.3. The molecule has 5 rings (SSSR count). The molecule has 0 saturated carbocycles. The van der Waals surface area contributed by atoms with Gasteiger partial charge in [0.2, 0.25) is 0 Å². The van der Waals surface area contributed by atoms with Crippen LogP contribution in [0.3, 0.4) is 0 Å². The van der Waals surface area contributed by atoms with Crippen molar-refractivity contribution in [1.82, 2.24) is 0 Å². The van der Waals surface area contributed by atoms with E-state index in [1.54, 1.807) is 0 Å². The molecule has 2 heteroatoms. The summed E-state index contributed by atoms with van der Waals surface area (Å²) in [5, 5.41) is 17.4. The molecule has 3 aromatic rings. The normalized spacial score (nSPS) is 16.9.